The summed E-state index contributed by atoms with van der Waals surface area (Å²) >= 11 is 0. The molecule has 6 heteroatoms. The highest BCUT2D eigenvalue weighted by molar-refractivity contribution is 5.91. The van der Waals surface area contributed by atoms with Crippen molar-refractivity contribution < 1.29 is 14.5 Å². The van der Waals surface area contributed by atoms with Crippen molar-refractivity contribution in [2.45, 2.75) is 0 Å². The molecule has 0 aliphatic rings. The van der Waals surface area contributed by atoms with Crippen LogP contribution in [-0.2, 0) is 4.74 Å². The van der Waals surface area contributed by atoms with Crippen molar-refractivity contribution in [3.8, 4) is 0 Å². The summed E-state index contributed by atoms with van der Waals surface area (Å²) in [5, 5.41) is 11.2. The summed E-state index contributed by atoms with van der Waals surface area (Å²) < 4.78 is 4.54. The maximum Gasteiger partial charge on any atom is 0.356 e. The van der Waals surface area contributed by atoms with Crippen LogP contribution < -0.4 is 0 Å². The highest BCUT2D eigenvalue weighted by Gasteiger charge is 2.10. The third-order valence-corrected chi connectivity index (χ3v) is 2.28. The Morgan fingerprint density at radius 1 is 1.35 bits per heavy atom. The first-order valence-corrected chi connectivity index (χ1v) is 4.75. The summed E-state index contributed by atoms with van der Waals surface area (Å²) in [5.41, 5.74) is 0.678. The number of benzene rings is 1. The van der Waals surface area contributed by atoms with Crippen molar-refractivity contribution >= 4 is 22.6 Å². The molecular weight excluding hydrogens is 224 g/mol. The fraction of sp³-hybridized carbons (Fsp3) is 0.0909. The Hall–Kier alpha value is -2.50. The summed E-state index contributed by atoms with van der Waals surface area (Å²) in [6, 6.07) is 7.32. The van der Waals surface area contributed by atoms with E-state index in [1.54, 1.807) is 6.07 Å². The van der Waals surface area contributed by atoms with Gasteiger partial charge >= 0.3 is 5.97 Å². The number of esters is 1. The van der Waals surface area contributed by atoms with E-state index in [0.717, 1.165) is 0 Å². The number of nitro groups is 1. The van der Waals surface area contributed by atoms with Crippen molar-refractivity contribution in [2.24, 2.45) is 0 Å². The Kier molecular flexibility index (Phi) is 2.70. The Labute approximate surface area is 96.0 Å². The number of methoxy groups -OCH3 is 1. The highest BCUT2D eigenvalue weighted by atomic mass is 16.6. The van der Waals surface area contributed by atoms with Crippen LogP contribution in [0.4, 0.5) is 5.69 Å². The molecule has 0 saturated heterocycles. The number of nitro benzene ring substituents is 1. The maximum atomic E-state index is 11.2. The number of nitrogens with zero attached hydrogens (tertiary/aromatic N) is 2. The minimum absolute atomic E-state index is 0.00915. The molecule has 0 fully saturated rings. The van der Waals surface area contributed by atoms with Gasteiger partial charge in [0.15, 0.2) is 0 Å². The van der Waals surface area contributed by atoms with Crippen LogP contribution in [0, 0.1) is 10.1 Å². The van der Waals surface area contributed by atoms with Crippen LogP contribution in [0.2, 0.25) is 0 Å². The number of rotatable bonds is 2. The second-order valence-electron chi connectivity index (χ2n) is 3.32. The second kappa shape index (κ2) is 4.17. The first-order chi connectivity index (χ1) is 8.11. The van der Waals surface area contributed by atoms with E-state index in [2.05, 4.69) is 9.72 Å². The van der Waals surface area contributed by atoms with E-state index in [9.17, 15) is 14.9 Å². The maximum absolute atomic E-state index is 11.2. The molecule has 86 valence electrons. The number of fused-ring (bicyclic) bond motifs is 1. The van der Waals surface area contributed by atoms with E-state index in [4.69, 9.17) is 0 Å². The third kappa shape index (κ3) is 2.05. The topological polar surface area (TPSA) is 82.3 Å². The predicted molar refractivity (Wildman–Crippen MR) is 59.7 cm³/mol. The second-order valence-corrected chi connectivity index (χ2v) is 3.32. The molecule has 0 N–H and O–H groups in total. The van der Waals surface area contributed by atoms with E-state index in [0.29, 0.717) is 10.9 Å². The van der Waals surface area contributed by atoms with E-state index in [1.165, 1.54) is 31.4 Å². The number of carbonyl (C=O) groups is 1. The van der Waals surface area contributed by atoms with E-state index in [-0.39, 0.29) is 11.4 Å². The molecule has 1 aromatic heterocycles. The molecule has 2 rings (SSSR count). The van der Waals surface area contributed by atoms with Crippen LogP contribution >= 0.6 is 0 Å². The van der Waals surface area contributed by atoms with Crippen LogP contribution in [0.15, 0.2) is 30.3 Å². The molecular formula is C11H8N2O4. The zero-order valence-electron chi connectivity index (χ0n) is 8.91. The zero-order chi connectivity index (χ0) is 12.4. The van der Waals surface area contributed by atoms with Gasteiger partial charge in [0.05, 0.1) is 17.5 Å². The lowest BCUT2D eigenvalue weighted by Gasteiger charge is -2.01. The van der Waals surface area contributed by atoms with Gasteiger partial charge in [0.25, 0.3) is 5.69 Å². The summed E-state index contributed by atoms with van der Waals surface area (Å²) in [7, 11) is 1.27. The number of aromatic nitrogens is 1. The molecule has 0 aliphatic heterocycles. The lowest BCUT2D eigenvalue weighted by atomic mass is 10.2. The Morgan fingerprint density at radius 3 is 2.76 bits per heavy atom. The summed E-state index contributed by atoms with van der Waals surface area (Å²) in [6.07, 6.45) is 0. The van der Waals surface area contributed by atoms with Gasteiger partial charge in [-0.3, -0.25) is 10.1 Å². The fourth-order valence-corrected chi connectivity index (χ4v) is 1.44. The van der Waals surface area contributed by atoms with E-state index >= 15 is 0 Å². The molecule has 1 heterocycles. The van der Waals surface area contributed by atoms with Gasteiger partial charge in [-0.15, -0.1) is 0 Å². The average Bonchev–Trinajstić information content (AvgIpc) is 2.36. The third-order valence-electron chi connectivity index (χ3n) is 2.28. The van der Waals surface area contributed by atoms with Crippen molar-refractivity contribution in [3.05, 3.63) is 46.1 Å². The minimum atomic E-state index is -0.537. The monoisotopic (exact) mass is 232 g/mol. The van der Waals surface area contributed by atoms with Crippen molar-refractivity contribution in [1.82, 2.24) is 4.98 Å². The number of carbonyl (C=O) groups excluding carboxylic acids is 1. The molecule has 2 aromatic rings. The van der Waals surface area contributed by atoms with Gasteiger partial charge in [0.1, 0.15) is 5.69 Å². The molecule has 6 nitrogen and oxygen atoms in total. The molecule has 0 bridgehead atoms. The molecule has 0 radical (unpaired) electrons. The van der Waals surface area contributed by atoms with Crippen LogP contribution in [0.5, 0.6) is 0 Å². The molecule has 0 atom stereocenters. The van der Waals surface area contributed by atoms with Gasteiger partial charge < -0.3 is 4.74 Å². The van der Waals surface area contributed by atoms with Crippen molar-refractivity contribution in [3.63, 3.8) is 0 Å². The fourth-order valence-electron chi connectivity index (χ4n) is 1.44. The van der Waals surface area contributed by atoms with Gasteiger partial charge in [-0.05, 0) is 12.1 Å². The summed E-state index contributed by atoms with van der Waals surface area (Å²) in [6.45, 7) is 0. The quantitative estimate of drug-likeness (QED) is 0.448. The van der Waals surface area contributed by atoms with Crippen LogP contribution in [0.3, 0.4) is 0 Å². The summed E-state index contributed by atoms with van der Waals surface area (Å²) in [4.78, 5) is 25.4. The number of ether oxygens (including phenoxy) is 1. The average molecular weight is 232 g/mol. The van der Waals surface area contributed by atoms with Gasteiger partial charge in [0, 0.05) is 17.5 Å². The highest BCUT2D eigenvalue weighted by Crippen LogP contribution is 2.19. The number of pyridine rings is 1. The first-order valence-electron chi connectivity index (χ1n) is 4.75. The van der Waals surface area contributed by atoms with Gasteiger partial charge in [-0.2, -0.15) is 0 Å². The number of hydrogen-bond acceptors (Lipinski definition) is 5. The SMILES string of the molecule is COC(=O)c1ccc2cc([N+](=O)[O-])ccc2n1. The molecule has 0 aliphatic carbocycles. The lowest BCUT2D eigenvalue weighted by molar-refractivity contribution is -0.384. The zero-order valence-corrected chi connectivity index (χ0v) is 8.91. The molecule has 1 aromatic carbocycles. The Morgan fingerprint density at radius 2 is 2.12 bits per heavy atom. The largest absolute Gasteiger partial charge is 0.464 e. The Balaban J connectivity index is 2.54. The molecule has 0 saturated carbocycles. The van der Waals surface area contributed by atoms with Gasteiger partial charge in [-0.25, -0.2) is 9.78 Å². The van der Waals surface area contributed by atoms with Crippen molar-refractivity contribution in [1.29, 1.82) is 0 Å². The normalized spacial score (nSPS) is 10.2. The first kappa shape index (κ1) is 11.0. The Bertz CT molecular complexity index is 609. The van der Waals surface area contributed by atoms with E-state index < -0.39 is 10.9 Å². The molecule has 0 unspecified atom stereocenters. The standard InChI is InChI=1S/C11H8N2O4/c1-17-11(14)10-4-2-7-6-8(13(15)16)3-5-9(7)12-10/h2-6H,1H3. The molecule has 0 amide bonds. The van der Waals surface area contributed by atoms with Crippen LogP contribution in [0.1, 0.15) is 10.5 Å². The minimum Gasteiger partial charge on any atom is -0.464 e. The van der Waals surface area contributed by atoms with Crippen molar-refractivity contribution in [2.75, 3.05) is 7.11 Å². The number of non-ortho nitro benzene ring substituents is 1. The van der Waals surface area contributed by atoms with E-state index in [1.807, 2.05) is 0 Å². The predicted octanol–water partition coefficient (Wildman–Crippen LogP) is 1.93. The lowest BCUT2D eigenvalue weighted by Crippen LogP contribution is -2.03. The smallest absolute Gasteiger partial charge is 0.356 e. The van der Waals surface area contributed by atoms with Gasteiger partial charge in [-0.1, -0.05) is 6.07 Å². The summed E-state index contributed by atoms with van der Waals surface area (Å²) in [5.74, 6) is -0.537. The van der Waals surface area contributed by atoms with Crippen LogP contribution in [0.25, 0.3) is 10.9 Å². The molecule has 0 spiro atoms. The number of hydrogen-bond donors (Lipinski definition) is 0. The van der Waals surface area contributed by atoms with Crippen LogP contribution in [-0.4, -0.2) is 23.0 Å². The van der Waals surface area contributed by atoms with Gasteiger partial charge in [0.2, 0.25) is 0 Å². The molecule has 17 heavy (non-hydrogen) atoms.